The molecule has 0 atom stereocenters. The van der Waals surface area contributed by atoms with Gasteiger partial charge in [0.1, 0.15) is 0 Å². The summed E-state index contributed by atoms with van der Waals surface area (Å²) in [4.78, 5) is 0.948. The van der Waals surface area contributed by atoms with E-state index < -0.39 is 0 Å². The van der Waals surface area contributed by atoms with Crippen LogP contribution in [0.15, 0.2) is 21.5 Å². The molecule has 0 unspecified atom stereocenters. The van der Waals surface area contributed by atoms with Gasteiger partial charge in [-0.15, -0.1) is 11.3 Å². The fourth-order valence-corrected chi connectivity index (χ4v) is 2.71. The van der Waals surface area contributed by atoms with E-state index in [1.165, 1.54) is 0 Å². The standard InChI is InChI=1S/C10H9BrClNS/c1-2-3-7(6-13)10(12)8-4-5-9(11)14-8/h4-5H,2-3H2,1H3/b10-7-. The SMILES string of the molecule is CCC/C(C#N)=C(/Cl)c1ccc(Br)s1. The van der Waals surface area contributed by atoms with Crippen LogP contribution < -0.4 is 0 Å². The maximum Gasteiger partial charge on any atom is 0.0963 e. The molecule has 1 aromatic heterocycles. The molecule has 14 heavy (non-hydrogen) atoms. The van der Waals surface area contributed by atoms with Crippen molar-refractivity contribution in [3.8, 4) is 6.07 Å². The van der Waals surface area contributed by atoms with Crippen LogP contribution in [0.5, 0.6) is 0 Å². The Labute approximate surface area is 101 Å². The lowest BCUT2D eigenvalue weighted by Gasteiger charge is -1.98. The third kappa shape index (κ3) is 2.84. The first-order chi connectivity index (χ1) is 6.69. The Kier molecular flexibility index (Phi) is 4.67. The Morgan fingerprint density at radius 1 is 1.64 bits per heavy atom. The average molecular weight is 291 g/mol. The first kappa shape index (κ1) is 11.8. The number of halogens is 2. The van der Waals surface area contributed by atoms with Crippen LogP contribution in [0.2, 0.25) is 0 Å². The highest BCUT2D eigenvalue weighted by Crippen LogP contribution is 2.33. The van der Waals surface area contributed by atoms with Crippen molar-refractivity contribution in [2.24, 2.45) is 0 Å². The Balaban J connectivity index is 3.02. The van der Waals surface area contributed by atoms with Gasteiger partial charge < -0.3 is 0 Å². The summed E-state index contributed by atoms with van der Waals surface area (Å²) in [5.74, 6) is 0. The molecule has 4 heteroatoms. The maximum absolute atomic E-state index is 8.90. The molecular formula is C10H9BrClNS. The molecule has 0 aliphatic carbocycles. The zero-order chi connectivity index (χ0) is 10.6. The van der Waals surface area contributed by atoms with Crippen molar-refractivity contribution in [1.29, 1.82) is 5.26 Å². The van der Waals surface area contributed by atoms with E-state index in [4.69, 9.17) is 16.9 Å². The van der Waals surface area contributed by atoms with Crippen LogP contribution in [0, 0.1) is 11.3 Å². The zero-order valence-electron chi connectivity index (χ0n) is 7.68. The lowest BCUT2D eigenvalue weighted by Crippen LogP contribution is -1.81. The molecule has 1 rings (SSSR count). The van der Waals surface area contributed by atoms with E-state index in [2.05, 4.69) is 22.0 Å². The third-order valence-corrected chi connectivity index (χ3v) is 3.87. The molecule has 74 valence electrons. The third-order valence-electron chi connectivity index (χ3n) is 1.69. The van der Waals surface area contributed by atoms with Gasteiger partial charge in [-0.2, -0.15) is 5.26 Å². The molecular weight excluding hydrogens is 282 g/mol. The molecule has 0 radical (unpaired) electrons. The number of nitriles is 1. The number of hydrogen-bond acceptors (Lipinski definition) is 2. The largest absolute Gasteiger partial charge is 0.193 e. The predicted molar refractivity (Wildman–Crippen MR) is 65.3 cm³/mol. The first-order valence-corrected chi connectivity index (χ1v) is 6.22. The number of hydrogen-bond donors (Lipinski definition) is 0. The average Bonchev–Trinajstić information content (AvgIpc) is 2.60. The lowest BCUT2D eigenvalue weighted by atomic mass is 10.1. The first-order valence-electron chi connectivity index (χ1n) is 4.23. The Morgan fingerprint density at radius 3 is 2.79 bits per heavy atom. The molecule has 0 spiro atoms. The van der Waals surface area contributed by atoms with E-state index >= 15 is 0 Å². The fourth-order valence-electron chi connectivity index (χ4n) is 1.05. The van der Waals surface area contributed by atoms with Crippen LogP contribution in [0.1, 0.15) is 24.6 Å². The summed E-state index contributed by atoms with van der Waals surface area (Å²) in [6, 6.07) is 6.00. The van der Waals surface area contributed by atoms with Gasteiger partial charge in [-0.25, -0.2) is 0 Å². The summed E-state index contributed by atoms with van der Waals surface area (Å²) in [6.07, 6.45) is 1.68. The second-order valence-electron chi connectivity index (χ2n) is 2.76. The molecule has 0 bridgehead atoms. The Morgan fingerprint density at radius 2 is 2.36 bits per heavy atom. The summed E-state index contributed by atoms with van der Waals surface area (Å²) in [5, 5.41) is 9.48. The van der Waals surface area contributed by atoms with Crippen LogP contribution in [-0.4, -0.2) is 0 Å². The van der Waals surface area contributed by atoms with Gasteiger partial charge in [-0.3, -0.25) is 0 Å². The lowest BCUT2D eigenvalue weighted by molar-refractivity contribution is 0.933. The van der Waals surface area contributed by atoms with Gasteiger partial charge in [-0.05, 0) is 34.5 Å². The van der Waals surface area contributed by atoms with E-state index in [0.29, 0.717) is 10.6 Å². The number of allylic oxidation sites excluding steroid dienone is 1. The van der Waals surface area contributed by atoms with Crippen molar-refractivity contribution in [2.45, 2.75) is 19.8 Å². The molecule has 0 aliphatic rings. The van der Waals surface area contributed by atoms with E-state index in [1.54, 1.807) is 11.3 Å². The molecule has 0 N–H and O–H groups in total. The van der Waals surface area contributed by atoms with Crippen molar-refractivity contribution in [3.05, 3.63) is 26.4 Å². The minimum atomic E-state index is 0.588. The minimum absolute atomic E-state index is 0.588. The summed E-state index contributed by atoms with van der Waals surface area (Å²) in [5.41, 5.74) is 0.670. The van der Waals surface area contributed by atoms with E-state index in [-0.39, 0.29) is 0 Å². The van der Waals surface area contributed by atoms with Crippen molar-refractivity contribution in [3.63, 3.8) is 0 Å². The highest BCUT2D eigenvalue weighted by molar-refractivity contribution is 9.11. The van der Waals surface area contributed by atoms with E-state index in [9.17, 15) is 0 Å². The highest BCUT2D eigenvalue weighted by atomic mass is 79.9. The minimum Gasteiger partial charge on any atom is -0.193 e. The van der Waals surface area contributed by atoms with Crippen molar-refractivity contribution < 1.29 is 0 Å². The Hall–Kier alpha value is -0.300. The fraction of sp³-hybridized carbons (Fsp3) is 0.300. The summed E-state index contributed by atoms with van der Waals surface area (Å²) in [7, 11) is 0. The summed E-state index contributed by atoms with van der Waals surface area (Å²) in [6.45, 7) is 2.03. The quantitative estimate of drug-likeness (QED) is 0.735. The Bertz CT molecular complexity index is 389. The maximum atomic E-state index is 8.90. The molecule has 0 saturated heterocycles. The topological polar surface area (TPSA) is 23.8 Å². The summed E-state index contributed by atoms with van der Waals surface area (Å²) >= 11 is 11.0. The van der Waals surface area contributed by atoms with E-state index in [0.717, 1.165) is 21.5 Å². The van der Waals surface area contributed by atoms with Crippen LogP contribution >= 0.6 is 38.9 Å². The van der Waals surface area contributed by atoms with Gasteiger partial charge in [0.05, 0.1) is 14.9 Å². The number of thiophene rings is 1. The van der Waals surface area contributed by atoms with Crippen LogP contribution in [0.4, 0.5) is 0 Å². The molecule has 0 fully saturated rings. The monoisotopic (exact) mass is 289 g/mol. The highest BCUT2D eigenvalue weighted by Gasteiger charge is 2.08. The van der Waals surface area contributed by atoms with Gasteiger partial charge >= 0.3 is 0 Å². The molecule has 1 nitrogen and oxygen atoms in total. The van der Waals surface area contributed by atoms with Gasteiger partial charge in [0, 0.05) is 10.5 Å². The summed E-state index contributed by atoms with van der Waals surface area (Å²) < 4.78 is 1.03. The number of rotatable bonds is 3. The molecule has 0 amide bonds. The smallest absolute Gasteiger partial charge is 0.0963 e. The van der Waals surface area contributed by atoms with Gasteiger partial charge in [0.2, 0.25) is 0 Å². The molecule has 1 aromatic rings. The normalized spacial score (nSPS) is 12.1. The molecule has 0 saturated carbocycles. The molecule has 0 aromatic carbocycles. The van der Waals surface area contributed by atoms with Crippen LogP contribution in [0.25, 0.3) is 5.03 Å². The predicted octanol–water partition coefficient (Wildman–Crippen LogP) is 4.78. The second kappa shape index (κ2) is 5.55. The second-order valence-corrected chi connectivity index (χ2v) is 5.60. The van der Waals surface area contributed by atoms with Gasteiger partial charge in [0.15, 0.2) is 0 Å². The van der Waals surface area contributed by atoms with Crippen molar-refractivity contribution in [2.75, 3.05) is 0 Å². The van der Waals surface area contributed by atoms with Crippen molar-refractivity contribution >= 4 is 43.9 Å². The number of nitrogens with zero attached hydrogens (tertiary/aromatic N) is 1. The van der Waals surface area contributed by atoms with E-state index in [1.807, 2.05) is 19.1 Å². The van der Waals surface area contributed by atoms with Crippen molar-refractivity contribution in [1.82, 2.24) is 0 Å². The molecule has 1 heterocycles. The molecule has 0 aliphatic heterocycles. The van der Waals surface area contributed by atoms with Crippen LogP contribution in [-0.2, 0) is 0 Å². The van der Waals surface area contributed by atoms with Gasteiger partial charge in [-0.1, -0.05) is 24.9 Å². The zero-order valence-corrected chi connectivity index (χ0v) is 10.8. The van der Waals surface area contributed by atoms with Crippen LogP contribution in [0.3, 0.4) is 0 Å². The van der Waals surface area contributed by atoms with Gasteiger partial charge in [0.25, 0.3) is 0 Å².